The standard InChI is InChI=1S/C12H16BrNO2/c1-12(2)6-15-10-3-8(5-14)9(13)4-11(10)16-7-12/h3-4H,5-7,14H2,1-2H3. The van der Waals surface area contributed by atoms with E-state index in [4.69, 9.17) is 15.2 Å². The SMILES string of the molecule is CC1(C)COc2cc(Br)c(CN)cc2OC1. The zero-order valence-electron chi connectivity index (χ0n) is 9.55. The van der Waals surface area contributed by atoms with Gasteiger partial charge in [0.25, 0.3) is 0 Å². The molecule has 1 aliphatic rings. The van der Waals surface area contributed by atoms with Gasteiger partial charge in [-0.3, -0.25) is 0 Å². The maximum absolute atomic E-state index is 5.76. The van der Waals surface area contributed by atoms with Gasteiger partial charge in [-0.1, -0.05) is 29.8 Å². The minimum Gasteiger partial charge on any atom is -0.489 e. The number of hydrogen-bond donors (Lipinski definition) is 1. The lowest BCUT2D eigenvalue weighted by molar-refractivity contribution is 0.140. The lowest BCUT2D eigenvalue weighted by Gasteiger charge is -2.19. The van der Waals surface area contributed by atoms with Crippen molar-refractivity contribution >= 4 is 15.9 Å². The Hall–Kier alpha value is -0.740. The number of halogens is 1. The van der Waals surface area contributed by atoms with Crippen molar-refractivity contribution in [2.75, 3.05) is 13.2 Å². The first kappa shape index (κ1) is 11.7. The van der Waals surface area contributed by atoms with Crippen LogP contribution in [-0.4, -0.2) is 13.2 Å². The first-order valence-corrected chi connectivity index (χ1v) is 6.09. The lowest BCUT2D eigenvalue weighted by Crippen LogP contribution is -2.26. The molecule has 0 spiro atoms. The molecule has 0 saturated carbocycles. The van der Waals surface area contributed by atoms with Gasteiger partial charge in [-0.25, -0.2) is 0 Å². The Bertz CT molecular complexity index is 404. The molecular weight excluding hydrogens is 270 g/mol. The Morgan fingerprint density at radius 1 is 1.25 bits per heavy atom. The molecule has 0 atom stereocenters. The van der Waals surface area contributed by atoms with E-state index in [-0.39, 0.29) is 5.41 Å². The molecular formula is C12H16BrNO2. The van der Waals surface area contributed by atoms with E-state index >= 15 is 0 Å². The maximum atomic E-state index is 5.76. The lowest BCUT2D eigenvalue weighted by atomic mass is 9.97. The van der Waals surface area contributed by atoms with E-state index < -0.39 is 0 Å². The molecule has 88 valence electrons. The zero-order chi connectivity index (χ0) is 11.8. The molecule has 1 aromatic rings. The first-order valence-electron chi connectivity index (χ1n) is 5.30. The molecule has 0 aromatic heterocycles. The van der Waals surface area contributed by atoms with Crippen molar-refractivity contribution in [3.8, 4) is 11.5 Å². The van der Waals surface area contributed by atoms with Gasteiger partial charge in [0.15, 0.2) is 11.5 Å². The number of rotatable bonds is 1. The average molecular weight is 286 g/mol. The van der Waals surface area contributed by atoms with Crippen LogP contribution in [0.1, 0.15) is 19.4 Å². The van der Waals surface area contributed by atoms with Crippen molar-refractivity contribution < 1.29 is 9.47 Å². The third kappa shape index (κ3) is 2.33. The molecule has 0 saturated heterocycles. The topological polar surface area (TPSA) is 44.5 Å². The highest BCUT2D eigenvalue weighted by atomic mass is 79.9. The van der Waals surface area contributed by atoms with Crippen LogP contribution in [0, 0.1) is 5.41 Å². The van der Waals surface area contributed by atoms with E-state index in [0.717, 1.165) is 21.5 Å². The van der Waals surface area contributed by atoms with Gasteiger partial charge < -0.3 is 15.2 Å². The number of benzene rings is 1. The Morgan fingerprint density at radius 2 is 1.81 bits per heavy atom. The third-order valence-electron chi connectivity index (χ3n) is 2.57. The van der Waals surface area contributed by atoms with Crippen LogP contribution in [0.2, 0.25) is 0 Å². The molecule has 0 fully saturated rings. The largest absolute Gasteiger partial charge is 0.489 e. The molecule has 0 unspecified atom stereocenters. The second-order valence-electron chi connectivity index (χ2n) is 4.84. The summed E-state index contributed by atoms with van der Waals surface area (Å²) in [5.41, 5.74) is 6.72. The molecule has 16 heavy (non-hydrogen) atoms. The average Bonchev–Trinajstić information content (AvgIpc) is 2.38. The Balaban J connectivity index is 2.35. The second-order valence-corrected chi connectivity index (χ2v) is 5.69. The van der Waals surface area contributed by atoms with Gasteiger partial charge in [0, 0.05) is 16.4 Å². The number of hydrogen-bond acceptors (Lipinski definition) is 3. The summed E-state index contributed by atoms with van der Waals surface area (Å²) < 4.78 is 12.5. The molecule has 3 nitrogen and oxygen atoms in total. The molecule has 4 heteroatoms. The van der Waals surface area contributed by atoms with E-state index in [2.05, 4.69) is 29.8 Å². The summed E-state index contributed by atoms with van der Waals surface area (Å²) in [6, 6.07) is 3.87. The van der Waals surface area contributed by atoms with Gasteiger partial charge in [-0.2, -0.15) is 0 Å². The van der Waals surface area contributed by atoms with E-state index in [1.165, 1.54) is 0 Å². The predicted molar refractivity (Wildman–Crippen MR) is 66.8 cm³/mol. The minimum absolute atomic E-state index is 0.0361. The Labute approximate surface area is 104 Å². The fourth-order valence-electron chi connectivity index (χ4n) is 1.55. The first-order chi connectivity index (χ1) is 7.52. The molecule has 0 bridgehead atoms. The van der Waals surface area contributed by atoms with E-state index in [0.29, 0.717) is 19.8 Å². The monoisotopic (exact) mass is 285 g/mol. The number of ether oxygens (including phenoxy) is 2. The fraction of sp³-hybridized carbons (Fsp3) is 0.500. The summed E-state index contributed by atoms with van der Waals surface area (Å²) in [7, 11) is 0. The fourth-order valence-corrected chi connectivity index (χ4v) is 2.03. The summed E-state index contributed by atoms with van der Waals surface area (Å²) in [5, 5.41) is 0. The third-order valence-corrected chi connectivity index (χ3v) is 3.31. The van der Waals surface area contributed by atoms with E-state index in [9.17, 15) is 0 Å². The Morgan fingerprint density at radius 3 is 2.38 bits per heavy atom. The Kier molecular flexibility index (Phi) is 3.13. The normalized spacial score (nSPS) is 18.0. The van der Waals surface area contributed by atoms with Gasteiger partial charge in [-0.05, 0) is 17.7 Å². The van der Waals surface area contributed by atoms with Crippen LogP contribution in [0.15, 0.2) is 16.6 Å². The molecule has 2 N–H and O–H groups in total. The molecule has 1 aromatic carbocycles. The van der Waals surface area contributed by atoms with Crippen molar-refractivity contribution in [2.45, 2.75) is 20.4 Å². The summed E-state index contributed by atoms with van der Waals surface area (Å²) in [6.45, 7) is 6.05. The molecule has 0 aliphatic carbocycles. The molecule has 0 amide bonds. The second kappa shape index (κ2) is 4.26. The predicted octanol–water partition coefficient (Wildman–Crippen LogP) is 2.71. The molecule has 1 aliphatic heterocycles. The summed E-state index contributed by atoms with van der Waals surface area (Å²) >= 11 is 3.47. The van der Waals surface area contributed by atoms with Crippen LogP contribution in [0.3, 0.4) is 0 Å². The molecule has 2 rings (SSSR count). The van der Waals surface area contributed by atoms with Crippen molar-refractivity contribution in [2.24, 2.45) is 11.1 Å². The van der Waals surface area contributed by atoms with Gasteiger partial charge >= 0.3 is 0 Å². The number of fused-ring (bicyclic) bond motifs is 1. The van der Waals surface area contributed by atoms with Crippen LogP contribution in [0.25, 0.3) is 0 Å². The van der Waals surface area contributed by atoms with Crippen molar-refractivity contribution in [1.29, 1.82) is 0 Å². The van der Waals surface area contributed by atoms with E-state index in [1.807, 2.05) is 12.1 Å². The number of nitrogens with two attached hydrogens (primary N) is 1. The van der Waals surface area contributed by atoms with Crippen LogP contribution >= 0.6 is 15.9 Å². The summed E-state index contributed by atoms with van der Waals surface area (Å²) in [6.07, 6.45) is 0. The van der Waals surface area contributed by atoms with Crippen LogP contribution in [0.5, 0.6) is 11.5 Å². The van der Waals surface area contributed by atoms with Crippen LogP contribution in [-0.2, 0) is 6.54 Å². The quantitative estimate of drug-likeness (QED) is 0.863. The van der Waals surface area contributed by atoms with E-state index in [1.54, 1.807) is 0 Å². The van der Waals surface area contributed by atoms with Gasteiger partial charge in [-0.15, -0.1) is 0 Å². The highest BCUT2D eigenvalue weighted by molar-refractivity contribution is 9.10. The van der Waals surface area contributed by atoms with Gasteiger partial charge in [0.05, 0.1) is 13.2 Å². The van der Waals surface area contributed by atoms with Gasteiger partial charge in [0.1, 0.15) is 0 Å². The molecule has 0 radical (unpaired) electrons. The zero-order valence-corrected chi connectivity index (χ0v) is 11.1. The van der Waals surface area contributed by atoms with Crippen molar-refractivity contribution in [1.82, 2.24) is 0 Å². The summed E-state index contributed by atoms with van der Waals surface area (Å²) in [5.74, 6) is 1.57. The maximum Gasteiger partial charge on any atom is 0.162 e. The molecule has 1 heterocycles. The van der Waals surface area contributed by atoms with Crippen LogP contribution < -0.4 is 15.2 Å². The summed E-state index contributed by atoms with van der Waals surface area (Å²) in [4.78, 5) is 0. The van der Waals surface area contributed by atoms with Crippen molar-refractivity contribution in [3.05, 3.63) is 22.2 Å². The van der Waals surface area contributed by atoms with Crippen molar-refractivity contribution in [3.63, 3.8) is 0 Å². The van der Waals surface area contributed by atoms with Gasteiger partial charge in [0.2, 0.25) is 0 Å². The highest BCUT2D eigenvalue weighted by Gasteiger charge is 2.25. The smallest absolute Gasteiger partial charge is 0.162 e. The minimum atomic E-state index is 0.0361. The van der Waals surface area contributed by atoms with Crippen LogP contribution in [0.4, 0.5) is 0 Å². The highest BCUT2D eigenvalue weighted by Crippen LogP contribution is 2.37.